The summed E-state index contributed by atoms with van der Waals surface area (Å²) in [7, 11) is 1.80. The van der Waals surface area contributed by atoms with Gasteiger partial charge in [-0.1, -0.05) is 48.4 Å². The number of carbonyl (C=O) groups excluding carboxylic acids is 3. The fourth-order valence-corrected chi connectivity index (χ4v) is 5.37. The summed E-state index contributed by atoms with van der Waals surface area (Å²) in [5, 5.41) is 3.62. The van der Waals surface area contributed by atoms with E-state index in [-0.39, 0.29) is 23.6 Å². The number of halogens is 1. The highest BCUT2D eigenvalue weighted by molar-refractivity contribution is 6.30. The summed E-state index contributed by atoms with van der Waals surface area (Å²) in [5.41, 5.74) is 3.64. The number of hydrogen-bond donors (Lipinski definition) is 1. The van der Waals surface area contributed by atoms with E-state index in [2.05, 4.69) is 10.2 Å². The number of benzene rings is 3. The van der Waals surface area contributed by atoms with Crippen LogP contribution < -0.4 is 10.2 Å². The lowest BCUT2D eigenvalue weighted by atomic mass is 9.85. The minimum Gasteiger partial charge on any atom is -0.369 e. The van der Waals surface area contributed by atoms with Gasteiger partial charge >= 0.3 is 0 Å². The van der Waals surface area contributed by atoms with Gasteiger partial charge in [0.25, 0.3) is 11.8 Å². The van der Waals surface area contributed by atoms with Gasteiger partial charge in [0.05, 0.1) is 5.56 Å². The number of hydrogen-bond acceptors (Lipinski definition) is 4. The summed E-state index contributed by atoms with van der Waals surface area (Å²) in [4.78, 5) is 45.4. The van der Waals surface area contributed by atoms with Gasteiger partial charge in [-0.25, -0.2) is 0 Å². The molecule has 7 nitrogen and oxygen atoms in total. The zero-order valence-corrected chi connectivity index (χ0v) is 23.6. The van der Waals surface area contributed by atoms with Gasteiger partial charge in [-0.15, -0.1) is 0 Å². The molecule has 1 N–H and O–H groups in total. The molecular weight excluding hydrogens is 524 g/mol. The Balaban J connectivity index is 1.36. The molecule has 2 aliphatic rings. The second-order valence-corrected chi connectivity index (χ2v) is 11.1. The fraction of sp³-hybridized carbons (Fsp3) is 0.344. The van der Waals surface area contributed by atoms with Crippen LogP contribution in [0.5, 0.6) is 0 Å². The van der Waals surface area contributed by atoms with Gasteiger partial charge in [0, 0.05) is 67.7 Å². The molecule has 3 aromatic carbocycles. The van der Waals surface area contributed by atoms with Crippen molar-refractivity contribution in [3.63, 3.8) is 0 Å². The van der Waals surface area contributed by atoms with Crippen molar-refractivity contribution in [3.05, 3.63) is 94.5 Å². The van der Waals surface area contributed by atoms with Gasteiger partial charge in [-0.2, -0.15) is 0 Å². The Hall–Kier alpha value is -3.84. The number of anilines is 2. The van der Waals surface area contributed by atoms with Crippen LogP contribution in [0.2, 0.25) is 5.02 Å². The van der Waals surface area contributed by atoms with Crippen LogP contribution in [0, 0.1) is 5.92 Å². The molecule has 1 heterocycles. The first kappa shape index (κ1) is 27.7. The number of rotatable bonds is 7. The summed E-state index contributed by atoms with van der Waals surface area (Å²) < 4.78 is 0. The molecule has 0 atom stereocenters. The number of amides is 3. The Labute approximate surface area is 240 Å². The SMILES string of the molecule is CN(Cc1ccccc1)C(=O)c1cc(NC(=O)C2CCC2)ccc1N1CCCN(C(=O)c2ccc(Cl)cc2)CC1. The molecule has 1 saturated carbocycles. The van der Waals surface area contributed by atoms with Crippen LogP contribution in [0.15, 0.2) is 72.8 Å². The van der Waals surface area contributed by atoms with E-state index in [9.17, 15) is 14.4 Å². The summed E-state index contributed by atoms with van der Waals surface area (Å²) in [6.45, 7) is 2.94. The summed E-state index contributed by atoms with van der Waals surface area (Å²) in [6, 6.07) is 22.5. The lowest BCUT2D eigenvalue weighted by Crippen LogP contribution is -2.36. The van der Waals surface area contributed by atoms with Crippen molar-refractivity contribution in [2.75, 3.05) is 43.4 Å². The maximum absolute atomic E-state index is 13.8. The number of nitrogens with one attached hydrogen (secondary N) is 1. The molecule has 0 unspecified atom stereocenters. The monoisotopic (exact) mass is 558 g/mol. The first-order chi connectivity index (χ1) is 19.4. The Bertz CT molecular complexity index is 1360. The molecule has 0 bridgehead atoms. The Morgan fingerprint density at radius 1 is 0.900 bits per heavy atom. The highest BCUT2D eigenvalue weighted by atomic mass is 35.5. The second kappa shape index (κ2) is 12.6. The summed E-state index contributed by atoms with van der Waals surface area (Å²) >= 11 is 6.00. The van der Waals surface area contributed by atoms with Gasteiger partial charge in [0.15, 0.2) is 0 Å². The van der Waals surface area contributed by atoms with E-state index in [1.807, 2.05) is 47.4 Å². The van der Waals surface area contributed by atoms with Crippen molar-refractivity contribution in [2.45, 2.75) is 32.2 Å². The third-order valence-corrected chi connectivity index (χ3v) is 8.05. The molecule has 1 saturated heterocycles. The van der Waals surface area contributed by atoms with E-state index in [4.69, 9.17) is 11.6 Å². The van der Waals surface area contributed by atoms with E-state index in [1.165, 1.54) is 0 Å². The quantitative estimate of drug-likeness (QED) is 0.403. The minimum absolute atomic E-state index is 0.0150. The molecule has 0 aromatic heterocycles. The van der Waals surface area contributed by atoms with Crippen LogP contribution in [0.1, 0.15) is 52.0 Å². The van der Waals surface area contributed by atoms with E-state index in [0.29, 0.717) is 54.6 Å². The molecule has 0 spiro atoms. The fourth-order valence-electron chi connectivity index (χ4n) is 5.25. The lowest BCUT2D eigenvalue weighted by Gasteiger charge is -2.28. The van der Waals surface area contributed by atoms with Crippen molar-refractivity contribution in [2.24, 2.45) is 5.92 Å². The molecule has 1 aliphatic carbocycles. The van der Waals surface area contributed by atoms with Gasteiger partial charge in [0.2, 0.25) is 5.91 Å². The average molecular weight is 559 g/mol. The van der Waals surface area contributed by atoms with Crippen molar-refractivity contribution < 1.29 is 14.4 Å². The number of nitrogens with zero attached hydrogens (tertiary/aromatic N) is 3. The molecule has 0 radical (unpaired) electrons. The topological polar surface area (TPSA) is 73.0 Å². The highest BCUT2D eigenvalue weighted by Crippen LogP contribution is 2.30. The number of carbonyl (C=O) groups is 3. The predicted octanol–water partition coefficient (Wildman–Crippen LogP) is 5.70. The van der Waals surface area contributed by atoms with Crippen molar-refractivity contribution >= 4 is 40.7 Å². The maximum Gasteiger partial charge on any atom is 0.256 e. The molecule has 1 aliphatic heterocycles. The highest BCUT2D eigenvalue weighted by Gasteiger charge is 2.27. The Kier molecular flexibility index (Phi) is 8.70. The Morgan fingerprint density at radius 2 is 1.65 bits per heavy atom. The van der Waals surface area contributed by atoms with Crippen LogP contribution >= 0.6 is 11.6 Å². The smallest absolute Gasteiger partial charge is 0.256 e. The van der Waals surface area contributed by atoms with E-state index in [0.717, 1.165) is 36.9 Å². The Morgan fingerprint density at radius 3 is 2.35 bits per heavy atom. The molecule has 3 aromatic rings. The van der Waals surface area contributed by atoms with Gasteiger partial charge < -0.3 is 20.0 Å². The van der Waals surface area contributed by atoms with Crippen LogP contribution in [0.3, 0.4) is 0 Å². The van der Waals surface area contributed by atoms with Gasteiger partial charge in [0.1, 0.15) is 0 Å². The average Bonchev–Trinajstić information content (AvgIpc) is 3.18. The first-order valence-corrected chi connectivity index (χ1v) is 14.3. The van der Waals surface area contributed by atoms with E-state index in [1.54, 1.807) is 42.3 Å². The van der Waals surface area contributed by atoms with Crippen LogP contribution in [-0.4, -0.2) is 60.7 Å². The lowest BCUT2D eigenvalue weighted by molar-refractivity contribution is -0.122. The summed E-state index contributed by atoms with van der Waals surface area (Å²) in [5.74, 6) is -0.0704. The molecular formula is C32H35ClN4O3. The summed E-state index contributed by atoms with van der Waals surface area (Å²) in [6.07, 6.45) is 3.67. The molecule has 8 heteroatoms. The standard InChI is InChI=1S/C32H35ClN4O3/c1-35(22-23-7-3-2-4-8-23)32(40)28-21-27(34-30(38)24-9-5-10-24)15-16-29(28)36-17-6-18-37(20-19-36)31(39)25-11-13-26(33)14-12-25/h2-4,7-8,11-16,21,24H,5-6,9-10,17-20,22H2,1H3,(H,34,38). The second-order valence-electron chi connectivity index (χ2n) is 10.6. The molecule has 2 fully saturated rings. The molecule has 3 amide bonds. The third kappa shape index (κ3) is 6.48. The molecule has 40 heavy (non-hydrogen) atoms. The van der Waals surface area contributed by atoms with Crippen LogP contribution in [0.4, 0.5) is 11.4 Å². The van der Waals surface area contributed by atoms with Crippen LogP contribution in [-0.2, 0) is 11.3 Å². The molecule has 5 rings (SSSR count). The van der Waals surface area contributed by atoms with Gasteiger partial charge in [-0.05, 0) is 67.3 Å². The molecule has 208 valence electrons. The van der Waals surface area contributed by atoms with Crippen LogP contribution in [0.25, 0.3) is 0 Å². The van der Waals surface area contributed by atoms with E-state index < -0.39 is 0 Å². The first-order valence-electron chi connectivity index (χ1n) is 13.9. The largest absolute Gasteiger partial charge is 0.369 e. The van der Waals surface area contributed by atoms with E-state index >= 15 is 0 Å². The minimum atomic E-state index is -0.114. The zero-order valence-electron chi connectivity index (χ0n) is 22.8. The maximum atomic E-state index is 13.8. The van der Waals surface area contributed by atoms with Crippen molar-refractivity contribution in [3.8, 4) is 0 Å². The predicted molar refractivity (Wildman–Crippen MR) is 159 cm³/mol. The van der Waals surface area contributed by atoms with Crippen molar-refractivity contribution in [1.29, 1.82) is 0 Å². The van der Waals surface area contributed by atoms with Crippen molar-refractivity contribution in [1.82, 2.24) is 9.80 Å². The van der Waals surface area contributed by atoms with Gasteiger partial charge in [-0.3, -0.25) is 14.4 Å². The normalized spacial score (nSPS) is 15.7. The zero-order chi connectivity index (χ0) is 28.1. The third-order valence-electron chi connectivity index (χ3n) is 7.79.